The summed E-state index contributed by atoms with van der Waals surface area (Å²) in [7, 11) is 0. The van der Waals surface area contributed by atoms with Crippen LogP contribution in [0.25, 0.3) is 0 Å². The quantitative estimate of drug-likeness (QED) is 0.863. The molecule has 0 atom stereocenters. The first-order valence-electron chi connectivity index (χ1n) is 7.89. The number of carboxylic acid groups (broad SMARTS) is 1. The Labute approximate surface area is 141 Å². The van der Waals surface area contributed by atoms with Gasteiger partial charge in [-0.05, 0) is 30.5 Å². The highest BCUT2D eigenvalue weighted by molar-refractivity contribution is 5.85. The molecule has 25 heavy (non-hydrogen) atoms. The van der Waals surface area contributed by atoms with Gasteiger partial charge in [0.2, 0.25) is 0 Å². The molecule has 3 rings (SSSR count). The number of pyridine rings is 1. The number of carboxylic acids is 1. The fourth-order valence-corrected chi connectivity index (χ4v) is 2.76. The molecular formula is C16H17F3N4O2. The molecule has 0 spiro atoms. The van der Waals surface area contributed by atoms with Crippen LogP contribution in [0, 0.1) is 5.82 Å². The van der Waals surface area contributed by atoms with Crippen molar-refractivity contribution in [1.82, 2.24) is 15.2 Å². The zero-order chi connectivity index (χ0) is 18.0. The molecule has 9 heteroatoms. The van der Waals surface area contributed by atoms with Crippen LogP contribution in [-0.2, 0) is 12.8 Å². The average Bonchev–Trinajstić information content (AvgIpc) is 3.03. The normalized spacial score (nSPS) is 16.8. The highest BCUT2D eigenvalue weighted by Gasteiger charge is 2.35. The van der Waals surface area contributed by atoms with E-state index >= 15 is 0 Å². The minimum Gasteiger partial charge on any atom is -0.476 e. The topological polar surface area (TPSA) is 82.1 Å². The van der Waals surface area contributed by atoms with Crippen LogP contribution >= 0.6 is 0 Å². The second-order valence-corrected chi connectivity index (χ2v) is 6.08. The van der Waals surface area contributed by atoms with Crippen molar-refractivity contribution >= 4 is 11.8 Å². The molecule has 0 bridgehead atoms. The largest absolute Gasteiger partial charge is 0.476 e. The van der Waals surface area contributed by atoms with E-state index in [1.165, 1.54) is 23.2 Å². The second-order valence-electron chi connectivity index (χ2n) is 6.08. The number of hydrogen-bond donors (Lipinski definition) is 2. The first-order chi connectivity index (χ1) is 11.8. The van der Waals surface area contributed by atoms with Gasteiger partial charge < -0.3 is 10.0 Å². The zero-order valence-electron chi connectivity index (χ0n) is 13.3. The molecule has 0 aromatic carbocycles. The zero-order valence-corrected chi connectivity index (χ0v) is 13.3. The van der Waals surface area contributed by atoms with E-state index in [1.807, 2.05) is 0 Å². The first kappa shape index (κ1) is 17.2. The number of piperidine rings is 1. The van der Waals surface area contributed by atoms with E-state index in [1.54, 1.807) is 0 Å². The monoisotopic (exact) mass is 354 g/mol. The number of hydrogen-bond acceptors (Lipinski definition) is 4. The standard InChI is InChI=1S/C16H17F3N4O2/c17-12-7-10(1-2-11-8-13(15(24)25)22-21-11)9-20-14(12)23-5-3-16(18,19)4-6-23/h7-9H,1-6H2,(H,21,22)(H,24,25). The molecule has 1 aliphatic heterocycles. The number of aromatic nitrogens is 3. The summed E-state index contributed by atoms with van der Waals surface area (Å²) in [5.41, 5.74) is 1.19. The Kier molecular flexibility index (Phi) is 4.65. The number of anilines is 1. The number of carbonyl (C=O) groups is 1. The van der Waals surface area contributed by atoms with E-state index in [4.69, 9.17) is 5.11 Å². The van der Waals surface area contributed by atoms with Crippen LogP contribution in [0.4, 0.5) is 19.0 Å². The van der Waals surface area contributed by atoms with E-state index < -0.39 is 17.7 Å². The first-order valence-corrected chi connectivity index (χ1v) is 7.89. The molecule has 134 valence electrons. The SMILES string of the molecule is O=C(O)c1cc(CCc2cnc(N3CCC(F)(F)CC3)c(F)c2)[nH]n1. The Balaban J connectivity index is 1.62. The number of aryl methyl sites for hydroxylation is 2. The summed E-state index contributed by atoms with van der Waals surface area (Å²) in [5, 5.41) is 15.1. The smallest absolute Gasteiger partial charge is 0.356 e. The minimum absolute atomic E-state index is 0.0718. The molecule has 0 amide bonds. The lowest BCUT2D eigenvalue weighted by molar-refractivity contribution is -0.0222. The van der Waals surface area contributed by atoms with Crippen molar-refractivity contribution in [1.29, 1.82) is 0 Å². The lowest BCUT2D eigenvalue weighted by atomic mass is 10.1. The van der Waals surface area contributed by atoms with Crippen LogP contribution in [-0.4, -0.2) is 45.3 Å². The van der Waals surface area contributed by atoms with Gasteiger partial charge in [-0.15, -0.1) is 0 Å². The van der Waals surface area contributed by atoms with Crippen LogP contribution in [0.5, 0.6) is 0 Å². The van der Waals surface area contributed by atoms with Gasteiger partial charge in [0.15, 0.2) is 17.3 Å². The van der Waals surface area contributed by atoms with Crippen LogP contribution < -0.4 is 4.90 Å². The third kappa shape index (κ3) is 4.09. The van der Waals surface area contributed by atoms with Gasteiger partial charge in [-0.3, -0.25) is 5.10 Å². The van der Waals surface area contributed by atoms with Crippen LogP contribution in [0.15, 0.2) is 18.3 Å². The van der Waals surface area contributed by atoms with Crippen LogP contribution in [0.1, 0.15) is 34.6 Å². The van der Waals surface area contributed by atoms with E-state index in [0.29, 0.717) is 24.1 Å². The number of aromatic amines is 1. The molecule has 0 saturated carbocycles. The number of rotatable bonds is 5. The van der Waals surface area contributed by atoms with Crippen molar-refractivity contribution in [2.45, 2.75) is 31.6 Å². The van der Waals surface area contributed by atoms with Gasteiger partial charge in [0.1, 0.15) is 0 Å². The van der Waals surface area contributed by atoms with Crippen molar-refractivity contribution < 1.29 is 23.1 Å². The van der Waals surface area contributed by atoms with Crippen molar-refractivity contribution in [3.8, 4) is 0 Å². The molecule has 2 N–H and O–H groups in total. The fourth-order valence-electron chi connectivity index (χ4n) is 2.76. The maximum absolute atomic E-state index is 14.3. The number of alkyl halides is 2. The van der Waals surface area contributed by atoms with Gasteiger partial charge >= 0.3 is 5.97 Å². The lowest BCUT2D eigenvalue weighted by Gasteiger charge is -2.32. The highest BCUT2D eigenvalue weighted by atomic mass is 19.3. The van der Waals surface area contributed by atoms with Gasteiger partial charge in [0, 0.05) is 37.8 Å². The molecule has 0 aliphatic carbocycles. The van der Waals surface area contributed by atoms with E-state index in [9.17, 15) is 18.0 Å². The summed E-state index contributed by atoms with van der Waals surface area (Å²) in [5.74, 6) is -4.26. The molecule has 1 aliphatic rings. The Morgan fingerprint density at radius 1 is 1.28 bits per heavy atom. The molecule has 2 aromatic rings. The predicted molar refractivity (Wildman–Crippen MR) is 83.5 cm³/mol. The Bertz CT molecular complexity index is 768. The Morgan fingerprint density at radius 2 is 2.00 bits per heavy atom. The average molecular weight is 354 g/mol. The minimum atomic E-state index is -2.69. The number of aromatic carboxylic acids is 1. The van der Waals surface area contributed by atoms with E-state index in [-0.39, 0.29) is 37.4 Å². The van der Waals surface area contributed by atoms with Crippen molar-refractivity contribution in [2.75, 3.05) is 18.0 Å². The molecule has 0 unspecified atom stereocenters. The number of nitrogens with zero attached hydrogens (tertiary/aromatic N) is 3. The highest BCUT2D eigenvalue weighted by Crippen LogP contribution is 2.30. The van der Waals surface area contributed by atoms with E-state index in [0.717, 1.165) is 0 Å². The Morgan fingerprint density at radius 3 is 2.60 bits per heavy atom. The summed E-state index contributed by atoms with van der Waals surface area (Å²) in [6, 6.07) is 2.76. The summed E-state index contributed by atoms with van der Waals surface area (Å²) in [4.78, 5) is 16.4. The third-order valence-electron chi connectivity index (χ3n) is 4.21. The van der Waals surface area contributed by atoms with Crippen molar-refractivity contribution in [3.05, 3.63) is 41.1 Å². The third-order valence-corrected chi connectivity index (χ3v) is 4.21. The van der Waals surface area contributed by atoms with Gasteiger partial charge in [0.25, 0.3) is 5.92 Å². The molecule has 2 aromatic heterocycles. The van der Waals surface area contributed by atoms with Gasteiger partial charge in [-0.1, -0.05) is 0 Å². The molecular weight excluding hydrogens is 337 g/mol. The summed E-state index contributed by atoms with van der Waals surface area (Å²) in [6.07, 6.45) is 1.81. The maximum Gasteiger partial charge on any atom is 0.356 e. The molecule has 1 fully saturated rings. The second kappa shape index (κ2) is 6.73. The summed E-state index contributed by atoms with van der Waals surface area (Å²) >= 11 is 0. The summed E-state index contributed by atoms with van der Waals surface area (Å²) < 4.78 is 40.6. The molecule has 3 heterocycles. The number of nitrogens with one attached hydrogen (secondary N) is 1. The van der Waals surface area contributed by atoms with Gasteiger partial charge in [0.05, 0.1) is 0 Å². The van der Waals surface area contributed by atoms with E-state index in [2.05, 4.69) is 15.2 Å². The Hall–Kier alpha value is -2.58. The predicted octanol–water partition coefficient (Wildman–Crippen LogP) is 2.66. The van der Waals surface area contributed by atoms with Gasteiger partial charge in [-0.25, -0.2) is 22.9 Å². The number of H-pyrrole nitrogens is 1. The molecule has 0 radical (unpaired) electrons. The van der Waals surface area contributed by atoms with Crippen LogP contribution in [0.2, 0.25) is 0 Å². The fraction of sp³-hybridized carbons (Fsp3) is 0.438. The van der Waals surface area contributed by atoms with Gasteiger partial charge in [-0.2, -0.15) is 5.10 Å². The molecule has 6 nitrogen and oxygen atoms in total. The van der Waals surface area contributed by atoms with Crippen LogP contribution in [0.3, 0.4) is 0 Å². The number of halogens is 3. The maximum atomic E-state index is 14.3. The lowest BCUT2D eigenvalue weighted by Crippen LogP contribution is -2.40. The van der Waals surface area contributed by atoms with Crippen molar-refractivity contribution in [3.63, 3.8) is 0 Å². The van der Waals surface area contributed by atoms with Crippen molar-refractivity contribution in [2.24, 2.45) is 0 Å². The molecule has 1 saturated heterocycles. The summed E-state index contributed by atoms with van der Waals surface area (Å²) in [6.45, 7) is 0.144.